The number of hydrogen-bond donors (Lipinski definition) is 0. The van der Waals surface area contributed by atoms with E-state index < -0.39 is 0 Å². The van der Waals surface area contributed by atoms with Crippen molar-refractivity contribution in [1.29, 1.82) is 0 Å². The van der Waals surface area contributed by atoms with Crippen molar-refractivity contribution in [1.82, 2.24) is 4.98 Å². The topological polar surface area (TPSA) is 26.0 Å². The molecule has 0 unspecified atom stereocenters. The molecule has 0 saturated heterocycles. The molecule has 1 heterocycles. The fourth-order valence-electron chi connectivity index (χ4n) is 1.67. The molecular weight excluding hydrogens is 174 g/mol. The summed E-state index contributed by atoms with van der Waals surface area (Å²) in [6.45, 7) is 8.33. The molecule has 0 atom stereocenters. The van der Waals surface area contributed by atoms with Crippen LogP contribution in [0.5, 0.6) is 0 Å². The van der Waals surface area contributed by atoms with Crippen LogP contribution in [-0.4, -0.2) is 4.98 Å². The number of aryl methyl sites for hydroxylation is 2. The SMILES string of the molecule is Cc1nc2c(C)cc(C(C)C)cc2o1. The first-order valence-electron chi connectivity index (χ1n) is 4.95. The summed E-state index contributed by atoms with van der Waals surface area (Å²) < 4.78 is 5.53. The zero-order valence-corrected chi connectivity index (χ0v) is 9.09. The third kappa shape index (κ3) is 1.41. The van der Waals surface area contributed by atoms with Gasteiger partial charge in [-0.25, -0.2) is 4.98 Å². The summed E-state index contributed by atoms with van der Waals surface area (Å²) in [7, 11) is 0. The molecule has 0 fully saturated rings. The molecule has 0 aliphatic rings. The summed E-state index contributed by atoms with van der Waals surface area (Å²) in [5.41, 5.74) is 4.41. The predicted octanol–water partition coefficient (Wildman–Crippen LogP) is 3.57. The van der Waals surface area contributed by atoms with Crippen LogP contribution in [0.4, 0.5) is 0 Å². The first kappa shape index (κ1) is 9.25. The van der Waals surface area contributed by atoms with Crippen molar-refractivity contribution in [2.24, 2.45) is 0 Å². The maximum absolute atomic E-state index is 5.53. The van der Waals surface area contributed by atoms with E-state index in [0.717, 1.165) is 17.0 Å². The third-order valence-electron chi connectivity index (χ3n) is 2.48. The molecule has 74 valence electrons. The summed E-state index contributed by atoms with van der Waals surface area (Å²) >= 11 is 0. The summed E-state index contributed by atoms with van der Waals surface area (Å²) in [6, 6.07) is 4.28. The lowest BCUT2D eigenvalue weighted by molar-refractivity contribution is 0.560. The number of benzene rings is 1. The molecule has 0 N–H and O–H groups in total. The fraction of sp³-hybridized carbons (Fsp3) is 0.417. The Morgan fingerprint density at radius 3 is 2.57 bits per heavy atom. The molecule has 2 heteroatoms. The van der Waals surface area contributed by atoms with E-state index in [2.05, 4.69) is 37.9 Å². The van der Waals surface area contributed by atoms with E-state index >= 15 is 0 Å². The molecule has 1 aromatic carbocycles. The van der Waals surface area contributed by atoms with Gasteiger partial charge in [-0.05, 0) is 30.0 Å². The average Bonchev–Trinajstić information content (AvgIpc) is 2.45. The molecule has 0 saturated carbocycles. The molecule has 1 aromatic heterocycles. The van der Waals surface area contributed by atoms with E-state index in [-0.39, 0.29) is 0 Å². The van der Waals surface area contributed by atoms with Crippen molar-refractivity contribution < 1.29 is 4.42 Å². The highest BCUT2D eigenvalue weighted by Crippen LogP contribution is 2.25. The van der Waals surface area contributed by atoms with Crippen LogP contribution in [0.15, 0.2) is 16.5 Å². The van der Waals surface area contributed by atoms with Crippen LogP contribution in [0.1, 0.15) is 36.8 Å². The van der Waals surface area contributed by atoms with E-state index in [1.807, 2.05) is 6.92 Å². The Morgan fingerprint density at radius 2 is 1.93 bits per heavy atom. The van der Waals surface area contributed by atoms with E-state index in [1.165, 1.54) is 11.1 Å². The largest absolute Gasteiger partial charge is 0.441 e. The normalized spacial score (nSPS) is 11.5. The number of nitrogens with zero attached hydrogens (tertiary/aromatic N) is 1. The van der Waals surface area contributed by atoms with Gasteiger partial charge in [0.2, 0.25) is 0 Å². The van der Waals surface area contributed by atoms with Crippen molar-refractivity contribution >= 4 is 11.1 Å². The van der Waals surface area contributed by atoms with Gasteiger partial charge < -0.3 is 4.42 Å². The lowest BCUT2D eigenvalue weighted by atomic mass is 10.0. The standard InChI is InChI=1S/C12H15NO/c1-7(2)10-5-8(3)12-11(6-10)14-9(4)13-12/h5-7H,1-4H3. The van der Waals surface area contributed by atoms with Crippen molar-refractivity contribution in [3.63, 3.8) is 0 Å². The van der Waals surface area contributed by atoms with Gasteiger partial charge in [0, 0.05) is 6.92 Å². The lowest BCUT2D eigenvalue weighted by Gasteiger charge is -2.05. The Kier molecular flexibility index (Phi) is 2.06. The highest BCUT2D eigenvalue weighted by molar-refractivity contribution is 5.77. The van der Waals surface area contributed by atoms with Crippen molar-refractivity contribution in [2.45, 2.75) is 33.6 Å². The molecule has 0 spiro atoms. The Labute approximate surface area is 84.0 Å². The molecule has 14 heavy (non-hydrogen) atoms. The van der Waals surface area contributed by atoms with Gasteiger partial charge >= 0.3 is 0 Å². The summed E-state index contributed by atoms with van der Waals surface area (Å²) in [5.74, 6) is 1.27. The average molecular weight is 189 g/mol. The summed E-state index contributed by atoms with van der Waals surface area (Å²) in [5, 5.41) is 0. The van der Waals surface area contributed by atoms with Gasteiger partial charge in [0.15, 0.2) is 11.5 Å². The van der Waals surface area contributed by atoms with Gasteiger partial charge in [-0.15, -0.1) is 0 Å². The lowest BCUT2D eigenvalue weighted by Crippen LogP contribution is -1.88. The van der Waals surface area contributed by atoms with Crippen LogP contribution in [0, 0.1) is 13.8 Å². The molecule has 0 amide bonds. The number of aromatic nitrogens is 1. The molecule has 0 bridgehead atoms. The van der Waals surface area contributed by atoms with Gasteiger partial charge in [0.1, 0.15) is 5.52 Å². The van der Waals surface area contributed by atoms with E-state index in [1.54, 1.807) is 0 Å². The Hall–Kier alpha value is -1.31. The maximum atomic E-state index is 5.53. The second-order valence-corrected chi connectivity index (χ2v) is 4.07. The molecule has 2 rings (SSSR count). The van der Waals surface area contributed by atoms with Crippen LogP contribution in [0.25, 0.3) is 11.1 Å². The van der Waals surface area contributed by atoms with Crippen LogP contribution < -0.4 is 0 Å². The molecule has 0 radical (unpaired) electrons. The first-order valence-corrected chi connectivity index (χ1v) is 4.95. The van der Waals surface area contributed by atoms with Crippen molar-refractivity contribution in [3.8, 4) is 0 Å². The van der Waals surface area contributed by atoms with Gasteiger partial charge in [-0.3, -0.25) is 0 Å². The smallest absolute Gasteiger partial charge is 0.192 e. The number of rotatable bonds is 1. The molecule has 0 aliphatic carbocycles. The Bertz CT molecular complexity index is 468. The summed E-state index contributed by atoms with van der Waals surface area (Å²) in [4.78, 5) is 4.35. The zero-order valence-electron chi connectivity index (χ0n) is 9.09. The van der Waals surface area contributed by atoms with Gasteiger partial charge in [-0.2, -0.15) is 0 Å². The first-order chi connectivity index (χ1) is 6.58. The minimum absolute atomic E-state index is 0.531. The van der Waals surface area contributed by atoms with Crippen LogP contribution in [0.3, 0.4) is 0 Å². The molecule has 2 nitrogen and oxygen atoms in total. The molecule has 2 aromatic rings. The van der Waals surface area contributed by atoms with Gasteiger partial charge in [0.25, 0.3) is 0 Å². The third-order valence-corrected chi connectivity index (χ3v) is 2.48. The number of oxazole rings is 1. The quantitative estimate of drug-likeness (QED) is 0.685. The van der Waals surface area contributed by atoms with Crippen molar-refractivity contribution in [3.05, 3.63) is 29.2 Å². The van der Waals surface area contributed by atoms with Gasteiger partial charge in [0.05, 0.1) is 0 Å². The Balaban J connectivity index is 2.71. The van der Waals surface area contributed by atoms with Gasteiger partial charge in [-0.1, -0.05) is 19.9 Å². The minimum Gasteiger partial charge on any atom is -0.441 e. The fourth-order valence-corrected chi connectivity index (χ4v) is 1.67. The minimum atomic E-state index is 0.531. The van der Waals surface area contributed by atoms with Crippen molar-refractivity contribution in [2.75, 3.05) is 0 Å². The summed E-state index contributed by atoms with van der Waals surface area (Å²) in [6.07, 6.45) is 0. The van der Waals surface area contributed by atoms with E-state index in [0.29, 0.717) is 5.92 Å². The molecular formula is C12H15NO. The monoisotopic (exact) mass is 189 g/mol. The second kappa shape index (κ2) is 3.12. The van der Waals surface area contributed by atoms with E-state index in [9.17, 15) is 0 Å². The van der Waals surface area contributed by atoms with Crippen LogP contribution in [-0.2, 0) is 0 Å². The maximum Gasteiger partial charge on any atom is 0.192 e. The highest BCUT2D eigenvalue weighted by atomic mass is 16.3. The van der Waals surface area contributed by atoms with Crippen LogP contribution in [0.2, 0.25) is 0 Å². The molecule has 0 aliphatic heterocycles. The van der Waals surface area contributed by atoms with Crippen LogP contribution >= 0.6 is 0 Å². The van der Waals surface area contributed by atoms with E-state index in [4.69, 9.17) is 4.42 Å². The zero-order chi connectivity index (χ0) is 10.3. The number of hydrogen-bond acceptors (Lipinski definition) is 2. The highest BCUT2D eigenvalue weighted by Gasteiger charge is 2.08. The predicted molar refractivity (Wildman–Crippen MR) is 57.6 cm³/mol. The second-order valence-electron chi connectivity index (χ2n) is 4.07. The number of fused-ring (bicyclic) bond motifs is 1. The Morgan fingerprint density at radius 1 is 1.21 bits per heavy atom.